The smallest absolute Gasteiger partial charge is 0.293 e. The highest BCUT2D eigenvalue weighted by molar-refractivity contribution is 7.97. The number of fused-ring (bicyclic) bond motifs is 1. The highest BCUT2D eigenvalue weighted by Gasteiger charge is 2.17. The molecule has 3 aromatic rings. The Hall–Kier alpha value is -2.45. The van der Waals surface area contributed by atoms with E-state index in [0.717, 1.165) is 28.5 Å². The number of furan rings is 1. The van der Waals surface area contributed by atoms with Gasteiger partial charge in [0.15, 0.2) is 22.4 Å². The van der Waals surface area contributed by atoms with Crippen molar-refractivity contribution < 1.29 is 18.7 Å². The summed E-state index contributed by atoms with van der Waals surface area (Å²) in [4.78, 5) is 16.7. The number of benzene rings is 1. The van der Waals surface area contributed by atoms with Gasteiger partial charge in [-0.15, -0.1) is 11.3 Å². The van der Waals surface area contributed by atoms with Gasteiger partial charge in [0, 0.05) is 10.9 Å². The summed E-state index contributed by atoms with van der Waals surface area (Å²) in [6.07, 6.45) is 1.98. The van der Waals surface area contributed by atoms with Gasteiger partial charge in [0.05, 0.1) is 11.4 Å². The molecule has 0 spiro atoms. The fourth-order valence-corrected chi connectivity index (χ4v) is 3.55. The summed E-state index contributed by atoms with van der Waals surface area (Å²) in [6, 6.07) is 9.13. The van der Waals surface area contributed by atoms with Gasteiger partial charge in [-0.2, -0.15) is 11.8 Å². The Morgan fingerprint density at radius 3 is 3.04 bits per heavy atom. The quantitative estimate of drug-likeness (QED) is 0.720. The van der Waals surface area contributed by atoms with E-state index in [1.165, 1.54) is 11.3 Å². The van der Waals surface area contributed by atoms with Crippen molar-refractivity contribution in [3.05, 3.63) is 47.2 Å². The number of thioether (sulfide) groups is 1. The summed E-state index contributed by atoms with van der Waals surface area (Å²) in [5.41, 5.74) is 1.67. The van der Waals surface area contributed by atoms with Crippen molar-refractivity contribution in [2.45, 2.75) is 5.75 Å². The van der Waals surface area contributed by atoms with Crippen LogP contribution in [-0.4, -0.2) is 23.9 Å². The molecule has 8 heteroatoms. The summed E-state index contributed by atoms with van der Waals surface area (Å²) in [6.45, 7) is 0.235. The Kier molecular flexibility index (Phi) is 4.37. The predicted molar refractivity (Wildman–Crippen MR) is 97.6 cm³/mol. The van der Waals surface area contributed by atoms with Crippen molar-refractivity contribution in [1.82, 2.24) is 4.98 Å². The standard InChI is InChI=1S/C17H14N2O4S2/c1-24-7-11-3-5-14(23-11)16(20)19-17-18-12(8-25-17)10-2-4-13-15(6-10)22-9-21-13/h2-6,8H,7,9H2,1H3,(H,18,19,20). The van der Waals surface area contributed by atoms with Crippen LogP contribution in [-0.2, 0) is 5.75 Å². The molecule has 1 aliphatic heterocycles. The summed E-state index contributed by atoms with van der Waals surface area (Å²) < 4.78 is 16.2. The number of thiazole rings is 1. The van der Waals surface area contributed by atoms with Gasteiger partial charge < -0.3 is 13.9 Å². The largest absolute Gasteiger partial charge is 0.455 e. The molecule has 0 aliphatic carbocycles. The number of carbonyl (C=O) groups is 1. The predicted octanol–water partition coefficient (Wildman–Crippen LogP) is 4.25. The number of aromatic nitrogens is 1. The third kappa shape index (κ3) is 3.35. The van der Waals surface area contributed by atoms with E-state index in [2.05, 4.69) is 10.3 Å². The van der Waals surface area contributed by atoms with Crippen molar-refractivity contribution in [3.63, 3.8) is 0 Å². The van der Waals surface area contributed by atoms with Gasteiger partial charge in [-0.1, -0.05) is 0 Å². The van der Waals surface area contributed by atoms with E-state index in [0.29, 0.717) is 10.9 Å². The number of ether oxygens (including phenoxy) is 2. The van der Waals surface area contributed by atoms with Crippen LogP contribution in [0.25, 0.3) is 11.3 Å². The molecule has 0 unspecified atom stereocenters. The van der Waals surface area contributed by atoms with E-state index < -0.39 is 0 Å². The Morgan fingerprint density at radius 1 is 1.28 bits per heavy atom. The molecule has 0 fully saturated rings. The molecule has 128 valence electrons. The normalized spacial score (nSPS) is 12.4. The molecule has 4 rings (SSSR count). The second kappa shape index (κ2) is 6.81. The van der Waals surface area contributed by atoms with Gasteiger partial charge in [-0.05, 0) is 36.6 Å². The third-order valence-electron chi connectivity index (χ3n) is 3.57. The number of rotatable bonds is 5. The summed E-state index contributed by atoms with van der Waals surface area (Å²) in [5.74, 6) is 2.92. The first-order chi connectivity index (χ1) is 12.2. The lowest BCUT2D eigenvalue weighted by Crippen LogP contribution is -2.10. The second-order valence-electron chi connectivity index (χ2n) is 5.26. The maximum absolute atomic E-state index is 12.2. The average molecular weight is 374 g/mol. The van der Waals surface area contributed by atoms with E-state index in [4.69, 9.17) is 13.9 Å². The Bertz CT molecular complexity index is 919. The van der Waals surface area contributed by atoms with Crippen molar-refractivity contribution in [2.24, 2.45) is 0 Å². The van der Waals surface area contributed by atoms with E-state index in [-0.39, 0.29) is 18.5 Å². The lowest BCUT2D eigenvalue weighted by molar-refractivity contribution is 0.0995. The highest BCUT2D eigenvalue weighted by Crippen LogP contribution is 2.36. The van der Waals surface area contributed by atoms with Crippen LogP contribution < -0.4 is 14.8 Å². The van der Waals surface area contributed by atoms with Gasteiger partial charge in [-0.3, -0.25) is 10.1 Å². The molecule has 3 heterocycles. The fourth-order valence-electron chi connectivity index (χ4n) is 2.40. The zero-order valence-corrected chi connectivity index (χ0v) is 14.9. The van der Waals surface area contributed by atoms with Crippen molar-refractivity contribution in [2.75, 3.05) is 18.4 Å². The van der Waals surface area contributed by atoms with Crippen LogP contribution in [0.15, 0.2) is 40.1 Å². The number of nitrogens with zero attached hydrogens (tertiary/aromatic N) is 1. The molecule has 0 bridgehead atoms. The van der Waals surface area contributed by atoms with Crippen LogP contribution in [0.4, 0.5) is 5.13 Å². The number of anilines is 1. The van der Waals surface area contributed by atoms with E-state index in [1.807, 2.05) is 35.9 Å². The van der Waals surface area contributed by atoms with Crippen molar-refractivity contribution in [3.8, 4) is 22.8 Å². The second-order valence-corrected chi connectivity index (χ2v) is 6.98. The minimum absolute atomic E-state index is 0.235. The first-order valence-corrected chi connectivity index (χ1v) is 9.75. The van der Waals surface area contributed by atoms with Crippen LogP contribution in [0.3, 0.4) is 0 Å². The molecular weight excluding hydrogens is 360 g/mol. The minimum atomic E-state index is -0.307. The summed E-state index contributed by atoms with van der Waals surface area (Å²) in [7, 11) is 0. The lowest BCUT2D eigenvalue weighted by Gasteiger charge is -2.00. The Labute approximate surface area is 152 Å². The molecule has 0 saturated carbocycles. The molecular formula is C17H14N2O4S2. The molecule has 0 radical (unpaired) electrons. The minimum Gasteiger partial charge on any atom is -0.455 e. The molecule has 1 N–H and O–H groups in total. The van der Waals surface area contributed by atoms with Gasteiger partial charge in [0.1, 0.15) is 5.76 Å². The van der Waals surface area contributed by atoms with E-state index >= 15 is 0 Å². The van der Waals surface area contributed by atoms with E-state index in [9.17, 15) is 4.79 Å². The third-order valence-corrected chi connectivity index (χ3v) is 4.90. The molecule has 1 aliphatic rings. The zero-order chi connectivity index (χ0) is 17.2. The SMILES string of the molecule is CSCc1ccc(C(=O)Nc2nc(-c3ccc4c(c3)OCO4)cs2)o1. The monoisotopic (exact) mass is 374 g/mol. The number of nitrogens with one attached hydrogen (secondary N) is 1. The van der Waals surface area contributed by atoms with Crippen LogP contribution in [0, 0.1) is 0 Å². The highest BCUT2D eigenvalue weighted by atomic mass is 32.2. The summed E-state index contributed by atoms with van der Waals surface area (Å²) in [5, 5.41) is 5.17. The van der Waals surface area contributed by atoms with Crippen molar-refractivity contribution >= 4 is 34.1 Å². The van der Waals surface area contributed by atoms with E-state index in [1.54, 1.807) is 17.8 Å². The van der Waals surface area contributed by atoms with Crippen LogP contribution in [0.5, 0.6) is 11.5 Å². The molecule has 0 saturated heterocycles. The number of hydrogen-bond acceptors (Lipinski definition) is 7. The molecule has 0 atom stereocenters. The summed E-state index contributed by atoms with van der Waals surface area (Å²) >= 11 is 3.00. The molecule has 25 heavy (non-hydrogen) atoms. The number of hydrogen-bond donors (Lipinski definition) is 1. The fraction of sp³-hybridized carbons (Fsp3) is 0.176. The van der Waals surface area contributed by atoms with Crippen LogP contribution >= 0.6 is 23.1 Å². The first-order valence-electron chi connectivity index (χ1n) is 7.47. The average Bonchev–Trinajstić information content (AvgIpc) is 3.34. The lowest BCUT2D eigenvalue weighted by atomic mass is 10.1. The van der Waals surface area contributed by atoms with Gasteiger partial charge in [0.25, 0.3) is 5.91 Å². The first kappa shape index (κ1) is 16.0. The van der Waals surface area contributed by atoms with Crippen molar-refractivity contribution in [1.29, 1.82) is 0 Å². The molecule has 2 aromatic heterocycles. The Morgan fingerprint density at radius 2 is 2.16 bits per heavy atom. The number of carbonyl (C=O) groups excluding carboxylic acids is 1. The Balaban J connectivity index is 1.48. The molecule has 1 amide bonds. The van der Waals surface area contributed by atoms with Gasteiger partial charge >= 0.3 is 0 Å². The zero-order valence-electron chi connectivity index (χ0n) is 13.3. The van der Waals surface area contributed by atoms with Crippen LogP contribution in [0.2, 0.25) is 0 Å². The van der Waals surface area contributed by atoms with Gasteiger partial charge in [-0.25, -0.2) is 4.98 Å². The number of amides is 1. The molecule has 1 aromatic carbocycles. The van der Waals surface area contributed by atoms with Crippen LogP contribution in [0.1, 0.15) is 16.3 Å². The maximum Gasteiger partial charge on any atom is 0.293 e. The topological polar surface area (TPSA) is 73.6 Å². The van der Waals surface area contributed by atoms with Gasteiger partial charge in [0.2, 0.25) is 6.79 Å². The molecule has 6 nitrogen and oxygen atoms in total. The maximum atomic E-state index is 12.2.